The molecule has 162 valence electrons. The number of fused-ring (bicyclic) bond motifs is 5. The van der Waals surface area contributed by atoms with Crippen LogP contribution >= 0.6 is 0 Å². The molecule has 0 aliphatic heterocycles. The summed E-state index contributed by atoms with van der Waals surface area (Å²) in [6.07, 6.45) is 9.03. The minimum absolute atomic E-state index is 0.102. The monoisotopic (exact) mass is 398 g/mol. The van der Waals surface area contributed by atoms with E-state index >= 15 is 0 Å². The normalized spacial score (nSPS) is 49.8. The Morgan fingerprint density at radius 1 is 0.964 bits per heavy atom. The fraction of sp³-hybridized carbons (Fsp3) is 1.00. The molecule has 4 saturated carbocycles. The Bertz CT molecular complexity index is 579. The zero-order valence-electron chi connectivity index (χ0n) is 18.0. The lowest BCUT2D eigenvalue weighted by Crippen LogP contribution is -2.54. The summed E-state index contributed by atoms with van der Waals surface area (Å²) in [5.74, 6) is 0.277. The summed E-state index contributed by atoms with van der Waals surface area (Å²) in [6, 6.07) is 0. The van der Waals surface area contributed by atoms with E-state index in [1.54, 1.807) is 0 Å². The van der Waals surface area contributed by atoms with E-state index in [0.29, 0.717) is 29.6 Å². The van der Waals surface area contributed by atoms with Crippen molar-refractivity contribution in [3.05, 3.63) is 0 Å². The van der Waals surface area contributed by atoms with Crippen LogP contribution in [0.4, 0.5) is 8.78 Å². The molecule has 9 atom stereocenters. The van der Waals surface area contributed by atoms with E-state index in [-0.39, 0.29) is 17.9 Å². The van der Waals surface area contributed by atoms with Gasteiger partial charge in [-0.05, 0) is 112 Å². The van der Waals surface area contributed by atoms with Crippen LogP contribution in [0.3, 0.4) is 0 Å². The van der Waals surface area contributed by atoms with Crippen LogP contribution in [0, 0.1) is 40.4 Å². The molecule has 0 bridgehead atoms. The highest BCUT2D eigenvalue weighted by Gasteiger charge is 2.60. The molecule has 0 aromatic rings. The first-order chi connectivity index (χ1) is 13.1. The number of hydrogen-bond donors (Lipinski definition) is 2. The molecule has 0 radical (unpaired) electrons. The maximum atomic E-state index is 14.0. The number of rotatable bonds is 4. The largest absolute Gasteiger partial charge is 0.393 e. The lowest BCUT2D eigenvalue weighted by molar-refractivity contribution is -0.132. The molecular weight excluding hydrogens is 358 g/mol. The summed E-state index contributed by atoms with van der Waals surface area (Å²) in [7, 11) is 0. The van der Waals surface area contributed by atoms with E-state index in [9.17, 15) is 19.0 Å². The molecule has 0 aromatic carbocycles. The van der Waals surface area contributed by atoms with Gasteiger partial charge in [0.15, 0.2) is 0 Å². The Hall–Kier alpha value is -0.220. The number of halogens is 2. The maximum Gasteiger partial charge on any atom is 0.273 e. The highest BCUT2D eigenvalue weighted by Crippen LogP contribution is 2.68. The third-order valence-electron chi connectivity index (χ3n) is 10.3. The number of hydrogen-bond acceptors (Lipinski definition) is 2. The van der Waals surface area contributed by atoms with Gasteiger partial charge in [-0.1, -0.05) is 13.8 Å². The van der Waals surface area contributed by atoms with E-state index in [2.05, 4.69) is 13.8 Å². The van der Waals surface area contributed by atoms with Gasteiger partial charge in [0.2, 0.25) is 0 Å². The van der Waals surface area contributed by atoms with Crippen LogP contribution in [0.5, 0.6) is 0 Å². The molecule has 2 nitrogen and oxygen atoms in total. The van der Waals surface area contributed by atoms with Crippen LogP contribution in [0.15, 0.2) is 0 Å². The minimum Gasteiger partial charge on any atom is -0.393 e. The average molecular weight is 399 g/mol. The smallest absolute Gasteiger partial charge is 0.273 e. The predicted octanol–water partition coefficient (Wildman–Crippen LogP) is 5.80. The van der Waals surface area contributed by atoms with Gasteiger partial charge in [-0.3, -0.25) is 0 Å². The molecule has 4 aliphatic carbocycles. The van der Waals surface area contributed by atoms with Gasteiger partial charge in [0.25, 0.3) is 5.92 Å². The van der Waals surface area contributed by atoms with Crippen molar-refractivity contribution >= 4 is 0 Å². The summed E-state index contributed by atoms with van der Waals surface area (Å²) in [5, 5.41) is 19.6. The Kier molecular flexibility index (Phi) is 5.39. The van der Waals surface area contributed by atoms with Crippen molar-refractivity contribution in [1.82, 2.24) is 0 Å². The fourth-order valence-corrected chi connectivity index (χ4v) is 8.39. The number of aliphatic hydroxyl groups is 2. The lowest BCUT2D eigenvalue weighted by atomic mass is 9.44. The molecule has 0 spiro atoms. The Morgan fingerprint density at radius 2 is 1.64 bits per heavy atom. The van der Waals surface area contributed by atoms with Crippen LogP contribution in [-0.2, 0) is 0 Å². The van der Waals surface area contributed by atoms with E-state index in [0.717, 1.165) is 37.5 Å². The predicted molar refractivity (Wildman–Crippen MR) is 107 cm³/mol. The van der Waals surface area contributed by atoms with Gasteiger partial charge in [-0.2, -0.15) is 0 Å². The average Bonchev–Trinajstić information content (AvgIpc) is 2.97. The van der Waals surface area contributed by atoms with Crippen LogP contribution in [0.2, 0.25) is 0 Å². The fourth-order valence-electron chi connectivity index (χ4n) is 8.39. The first-order valence-electron chi connectivity index (χ1n) is 11.8. The Balaban J connectivity index is 1.48. The standard InChI is InChI=1S/C24H40F2O2/c1-15(27)24(25,26)13-8-16-5-7-20-19-6-4-17-14-18(28)9-11-23(17,3)21(19)10-12-22(16,20)2/h15-21,27-28H,4-14H2,1-3H3. The second-order valence-electron chi connectivity index (χ2n) is 11.4. The molecular formula is C24H40F2O2. The highest BCUT2D eigenvalue weighted by molar-refractivity contribution is 5.09. The van der Waals surface area contributed by atoms with Crippen molar-refractivity contribution in [1.29, 1.82) is 0 Å². The van der Waals surface area contributed by atoms with Crippen LogP contribution in [0.25, 0.3) is 0 Å². The summed E-state index contributed by atoms with van der Waals surface area (Å²) >= 11 is 0. The summed E-state index contributed by atoms with van der Waals surface area (Å²) in [6.45, 7) is 6.11. The summed E-state index contributed by atoms with van der Waals surface area (Å²) < 4.78 is 28.0. The van der Waals surface area contributed by atoms with Crippen LogP contribution < -0.4 is 0 Å². The van der Waals surface area contributed by atoms with Gasteiger partial charge in [0, 0.05) is 6.42 Å². The minimum atomic E-state index is -2.96. The van der Waals surface area contributed by atoms with Crippen molar-refractivity contribution in [3.63, 3.8) is 0 Å². The second-order valence-corrected chi connectivity index (χ2v) is 11.4. The second kappa shape index (κ2) is 7.18. The maximum absolute atomic E-state index is 14.0. The molecule has 4 rings (SSSR count). The highest BCUT2D eigenvalue weighted by atomic mass is 19.3. The van der Waals surface area contributed by atoms with Gasteiger partial charge in [-0.15, -0.1) is 0 Å². The molecule has 28 heavy (non-hydrogen) atoms. The van der Waals surface area contributed by atoms with Crippen molar-refractivity contribution < 1.29 is 19.0 Å². The van der Waals surface area contributed by atoms with Crippen LogP contribution in [0.1, 0.15) is 91.4 Å². The Morgan fingerprint density at radius 3 is 2.36 bits per heavy atom. The van der Waals surface area contributed by atoms with Gasteiger partial charge >= 0.3 is 0 Å². The van der Waals surface area contributed by atoms with Crippen molar-refractivity contribution in [3.8, 4) is 0 Å². The van der Waals surface area contributed by atoms with Gasteiger partial charge in [-0.25, -0.2) is 8.78 Å². The molecule has 2 N–H and O–H groups in total. The molecule has 4 aliphatic rings. The van der Waals surface area contributed by atoms with Gasteiger partial charge < -0.3 is 10.2 Å². The SMILES string of the molecule is CC(O)C(F)(F)CCC1CCC2C3CCC4CC(O)CCC4(C)C3CCC12C. The summed E-state index contributed by atoms with van der Waals surface area (Å²) in [5.41, 5.74) is 0.578. The van der Waals surface area contributed by atoms with E-state index in [1.165, 1.54) is 39.0 Å². The molecule has 0 aromatic heterocycles. The van der Waals surface area contributed by atoms with Gasteiger partial charge in [0.1, 0.15) is 6.10 Å². The van der Waals surface area contributed by atoms with Crippen molar-refractivity contribution in [2.75, 3.05) is 0 Å². The first kappa shape index (κ1) is 21.0. The Labute approximate surface area is 169 Å². The van der Waals surface area contributed by atoms with E-state index < -0.39 is 12.0 Å². The third kappa shape index (κ3) is 3.25. The molecule has 0 saturated heterocycles. The van der Waals surface area contributed by atoms with Crippen LogP contribution in [-0.4, -0.2) is 28.3 Å². The van der Waals surface area contributed by atoms with Crippen molar-refractivity contribution in [2.24, 2.45) is 40.4 Å². The molecule has 9 unspecified atom stereocenters. The topological polar surface area (TPSA) is 40.5 Å². The van der Waals surface area contributed by atoms with E-state index in [1.807, 2.05) is 0 Å². The van der Waals surface area contributed by atoms with Crippen molar-refractivity contribution in [2.45, 2.75) is 110 Å². The van der Waals surface area contributed by atoms with Gasteiger partial charge in [0.05, 0.1) is 6.10 Å². The number of alkyl halides is 2. The number of aliphatic hydroxyl groups excluding tert-OH is 2. The summed E-state index contributed by atoms with van der Waals surface area (Å²) in [4.78, 5) is 0. The zero-order valence-corrected chi connectivity index (χ0v) is 18.0. The first-order valence-corrected chi connectivity index (χ1v) is 11.8. The molecule has 0 heterocycles. The van der Waals surface area contributed by atoms with E-state index in [4.69, 9.17) is 0 Å². The zero-order chi connectivity index (χ0) is 20.3. The molecule has 4 fully saturated rings. The molecule has 4 heteroatoms. The lowest BCUT2D eigenvalue weighted by Gasteiger charge is -2.61. The molecule has 0 amide bonds. The third-order valence-corrected chi connectivity index (χ3v) is 10.3. The quantitative estimate of drug-likeness (QED) is 0.628.